The van der Waals surface area contributed by atoms with Gasteiger partial charge in [-0.1, -0.05) is 78.7 Å². The Kier molecular flexibility index (Phi) is 10.9. The highest BCUT2D eigenvalue weighted by Gasteiger charge is 2.35. The standard InChI is InChI=1S/C31H37Cl2N3O4S/c1-6-22-15-17-24(18-16-22)36(41(5,39)40)21-29(37)35(20-25-26(32)13-10-14-27(25)33)28(30(38)34-31(2,3)4)19-23-11-8-7-9-12-23/h7-18,28H,6,19-21H2,1-5H3,(H,34,38). The van der Waals surface area contributed by atoms with Crippen molar-refractivity contribution in [2.75, 3.05) is 17.1 Å². The van der Waals surface area contributed by atoms with Gasteiger partial charge >= 0.3 is 0 Å². The number of hydrogen-bond acceptors (Lipinski definition) is 4. The van der Waals surface area contributed by atoms with Gasteiger partial charge in [-0.3, -0.25) is 13.9 Å². The van der Waals surface area contributed by atoms with Crippen LogP contribution in [0.3, 0.4) is 0 Å². The van der Waals surface area contributed by atoms with E-state index in [-0.39, 0.29) is 18.9 Å². The molecule has 220 valence electrons. The molecule has 2 amide bonds. The van der Waals surface area contributed by atoms with Crippen molar-refractivity contribution in [2.45, 2.75) is 58.7 Å². The SMILES string of the molecule is CCc1ccc(N(CC(=O)N(Cc2c(Cl)cccc2Cl)C(Cc2ccccc2)C(=O)NC(C)(C)C)S(C)(=O)=O)cc1. The van der Waals surface area contributed by atoms with Gasteiger partial charge in [-0.15, -0.1) is 0 Å². The quantitative estimate of drug-likeness (QED) is 0.291. The summed E-state index contributed by atoms with van der Waals surface area (Å²) in [6.45, 7) is 6.95. The van der Waals surface area contributed by atoms with E-state index in [2.05, 4.69) is 5.32 Å². The lowest BCUT2D eigenvalue weighted by molar-refractivity contribution is -0.140. The monoisotopic (exact) mass is 617 g/mol. The van der Waals surface area contributed by atoms with Crippen LogP contribution in [0.2, 0.25) is 10.0 Å². The summed E-state index contributed by atoms with van der Waals surface area (Å²) in [7, 11) is -3.86. The van der Waals surface area contributed by atoms with Crippen LogP contribution in [0.5, 0.6) is 0 Å². The van der Waals surface area contributed by atoms with Crippen LogP contribution in [0.1, 0.15) is 44.4 Å². The molecule has 0 aliphatic carbocycles. The number of rotatable bonds is 11. The Morgan fingerprint density at radius 2 is 1.46 bits per heavy atom. The number of carbonyl (C=O) groups excluding carboxylic acids is 2. The number of nitrogens with zero attached hydrogens (tertiary/aromatic N) is 2. The number of aryl methyl sites for hydroxylation is 1. The predicted octanol–water partition coefficient (Wildman–Crippen LogP) is 5.88. The fourth-order valence-corrected chi connectivity index (χ4v) is 5.74. The first-order valence-electron chi connectivity index (χ1n) is 13.3. The first kappa shape index (κ1) is 32.4. The number of carbonyl (C=O) groups is 2. The fourth-order valence-electron chi connectivity index (χ4n) is 4.37. The van der Waals surface area contributed by atoms with Gasteiger partial charge in [0.1, 0.15) is 12.6 Å². The third-order valence-electron chi connectivity index (χ3n) is 6.47. The molecule has 3 aromatic carbocycles. The van der Waals surface area contributed by atoms with E-state index >= 15 is 0 Å². The molecule has 0 radical (unpaired) electrons. The minimum atomic E-state index is -3.86. The second-order valence-electron chi connectivity index (χ2n) is 11.0. The van der Waals surface area contributed by atoms with Gasteiger partial charge in [0.05, 0.1) is 11.9 Å². The molecule has 0 aromatic heterocycles. The number of sulfonamides is 1. The third-order valence-corrected chi connectivity index (χ3v) is 8.32. The van der Waals surface area contributed by atoms with E-state index in [1.165, 1.54) is 4.90 Å². The second-order valence-corrected chi connectivity index (χ2v) is 13.7. The average Bonchev–Trinajstić information content (AvgIpc) is 2.89. The fraction of sp³-hybridized carbons (Fsp3) is 0.355. The molecule has 0 heterocycles. The van der Waals surface area contributed by atoms with Gasteiger partial charge in [-0.25, -0.2) is 8.42 Å². The van der Waals surface area contributed by atoms with Crippen molar-refractivity contribution in [3.8, 4) is 0 Å². The molecular weight excluding hydrogens is 581 g/mol. The Hall–Kier alpha value is -3.07. The van der Waals surface area contributed by atoms with E-state index in [4.69, 9.17) is 23.2 Å². The van der Waals surface area contributed by atoms with Crippen LogP contribution in [0.15, 0.2) is 72.8 Å². The first-order valence-corrected chi connectivity index (χ1v) is 15.9. The Balaban J connectivity index is 2.11. The first-order chi connectivity index (χ1) is 19.2. The highest BCUT2D eigenvalue weighted by atomic mass is 35.5. The van der Waals surface area contributed by atoms with Crippen molar-refractivity contribution in [1.82, 2.24) is 10.2 Å². The number of nitrogens with one attached hydrogen (secondary N) is 1. The number of anilines is 1. The topological polar surface area (TPSA) is 86.8 Å². The Labute approximate surface area is 253 Å². The van der Waals surface area contributed by atoms with Crippen molar-refractivity contribution < 1.29 is 18.0 Å². The molecule has 0 saturated heterocycles. The maximum atomic E-state index is 14.2. The summed E-state index contributed by atoms with van der Waals surface area (Å²) in [5, 5.41) is 3.65. The van der Waals surface area contributed by atoms with E-state index in [0.717, 1.165) is 28.1 Å². The molecule has 0 bridgehead atoms. The van der Waals surface area contributed by atoms with Crippen molar-refractivity contribution >= 4 is 50.7 Å². The summed E-state index contributed by atoms with van der Waals surface area (Å²) >= 11 is 13.0. The molecule has 41 heavy (non-hydrogen) atoms. The summed E-state index contributed by atoms with van der Waals surface area (Å²) in [6, 6.07) is 20.4. The van der Waals surface area contributed by atoms with E-state index in [1.54, 1.807) is 30.3 Å². The van der Waals surface area contributed by atoms with Crippen LogP contribution >= 0.6 is 23.2 Å². The normalized spacial score (nSPS) is 12.5. The van der Waals surface area contributed by atoms with E-state index in [9.17, 15) is 18.0 Å². The zero-order valence-corrected chi connectivity index (χ0v) is 26.4. The molecular formula is C31H37Cl2N3O4S. The summed E-state index contributed by atoms with van der Waals surface area (Å²) in [5.74, 6) is -0.952. The van der Waals surface area contributed by atoms with Gasteiger partial charge in [-0.05, 0) is 62.6 Å². The van der Waals surface area contributed by atoms with Gasteiger partial charge in [0.25, 0.3) is 0 Å². The molecule has 0 saturated carbocycles. The smallest absolute Gasteiger partial charge is 0.244 e. The molecule has 1 unspecified atom stereocenters. The molecule has 0 fully saturated rings. The predicted molar refractivity (Wildman–Crippen MR) is 167 cm³/mol. The minimum Gasteiger partial charge on any atom is -0.350 e. The lowest BCUT2D eigenvalue weighted by Crippen LogP contribution is -2.56. The molecule has 0 aliphatic rings. The number of halogens is 2. The average molecular weight is 619 g/mol. The maximum absolute atomic E-state index is 14.2. The molecule has 10 heteroatoms. The lowest BCUT2D eigenvalue weighted by atomic mass is 10.0. The van der Waals surface area contributed by atoms with E-state index in [1.807, 2.05) is 70.2 Å². The van der Waals surface area contributed by atoms with Crippen molar-refractivity contribution in [3.63, 3.8) is 0 Å². The zero-order chi connectivity index (χ0) is 30.4. The van der Waals surface area contributed by atoms with Crippen LogP contribution in [0, 0.1) is 0 Å². The van der Waals surface area contributed by atoms with Gasteiger partial charge in [0, 0.05) is 34.1 Å². The summed E-state index contributed by atoms with van der Waals surface area (Å²) in [4.78, 5) is 29.3. The molecule has 3 rings (SSSR count). The van der Waals surface area contributed by atoms with Crippen LogP contribution in [-0.4, -0.2) is 49.5 Å². The van der Waals surface area contributed by atoms with E-state index < -0.39 is 34.1 Å². The Morgan fingerprint density at radius 1 is 0.878 bits per heavy atom. The molecule has 1 atom stereocenters. The Morgan fingerprint density at radius 3 is 1.98 bits per heavy atom. The summed E-state index contributed by atoms with van der Waals surface area (Å²) < 4.78 is 26.9. The molecule has 1 N–H and O–H groups in total. The highest BCUT2D eigenvalue weighted by molar-refractivity contribution is 7.92. The third kappa shape index (κ3) is 9.21. The van der Waals surface area contributed by atoms with Crippen molar-refractivity contribution in [2.24, 2.45) is 0 Å². The van der Waals surface area contributed by atoms with Crippen LogP contribution < -0.4 is 9.62 Å². The van der Waals surface area contributed by atoms with E-state index in [0.29, 0.717) is 21.3 Å². The Bertz CT molecular complexity index is 1440. The molecule has 0 spiro atoms. The van der Waals surface area contributed by atoms with Gasteiger partial charge < -0.3 is 10.2 Å². The lowest BCUT2D eigenvalue weighted by Gasteiger charge is -2.35. The maximum Gasteiger partial charge on any atom is 0.244 e. The molecule has 7 nitrogen and oxygen atoms in total. The van der Waals surface area contributed by atoms with Gasteiger partial charge in [-0.2, -0.15) is 0 Å². The van der Waals surface area contributed by atoms with Crippen LogP contribution in [0.4, 0.5) is 5.69 Å². The summed E-state index contributed by atoms with van der Waals surface area (Å²) in [5.41, 5.74) is 2.10. The number of amides is 2. The molecule has 3 aromatic rings. The van der Waals surface area contributed by atoms with Crippen molar-refractivity contribution in [1.29, 1.82) is 0 Å². The zero-order valence-electron chi connectivity index (χ0n) is 24.0. The highest BCUT2D eigenvalue weighted by Crippen LogP contribution is 2.28. The second kappa shape index (κ2) is 13.7. The molecule has 0 aliphatic heterocycles. The van der Waals surface area contributed by atoms with Gasteiger partial charge in [0.15, 0.2) is 0 Å². The number of hydrogen-bond donors (Lipinski definition) is 1. The number of benzene rings is 3. The van der Waals surface area contributed by atoms with Crippen molar-refractivity contribution in [3.05, 3.63) is 99.5 Å². The van der Waals surface area contributed by atoms with Crippen LogP contribution in [0.25, 0.3) is 0 Å². The summed E-state index contributed by atoms with van der Waals surface area (Å²) in [6.07, 6.45) is 2.03. The van der Waals surface area contributed by atoms with Crippen LogP contribution in [-0.2, 0) is 39.0 Å². The van der Waals surface area contributed by atoms with Gasteiger partial charge in [0.2, 0.25) is 21.8 Å². The minimum absolute atomic E-state index is 0.0984. The largest absolute Gasteiger partial charge is 0.350 e.